The zero-order valence-corrected chi connectivity index (χ0v) is 9.17. The molecule has 0 bridgehead atoms. The van der Waals surface area contributed by atoms with Gasteiger partial charge >= 0.3 is 0 Å². The van der Waals surface area contributed by atoms with Crippen molar-refractivity contribution in [2.45, 2.75) is 0 Å². The molecule has 82 valence electrons. The summed E-state index contributed by atoms with van der Waals surface area (Å²) in [5, 5.41) is 9.50. The number of rotatable bonds is 2. The molecule has 0 saturated carbocycles. The SMILES string of the molecule is c1ccc(N=Nc2cc3ccccc3[nH]2)cc1. The van der Waals surface area contributed by atoms with E-state index in [1.54, 1.807) is 0 Å². The topological polar surface area (TPSA) is 40.5 Å². The van der Waals surface area contributed by atoms with Crippen LogP contribution in [0, 0.1) is 0 Å². The molecule has 0 spiro atoms. The number of azo groups is 1. The molecule has 0 aliphatic rings. The summed E-state index contributed by atoms with van der Waals surface area (Å²) in [5.74, 6) is 0.773. The molecule has 0 saturated heterocycles. The van der Waals surface area contributed by atoms with Gasteiger partial charge in [-0.15, -0.1) is 10.2 Å². The van der Waals surface area contributed by atoms with E-state index < -0.39 is 0 Å². The van der Waals surface area contributed by atoms with Crippen molar-refractivity contribution >= 4 is 22.4 Å². The normalized spacial score (nSPS) is 11.3. The van der Waals surface area contributed by atoms with Crippen molar-refractivity contribution in [3.63, 3.8) is 0 Å². The van der Waals surface area contributed by atoms with Gasteiger partial charge in [0.05, 0.1) is 5.69 Å². The van der Waals surface area contributed by atoms with E-state index in [2.05, 4.69) is 15.2 Å². The van der Waals surface area contributed by atoms with Crippen molar-refractivity contribution < 1.29 is 0 Å². The second-order valence-corrected chi connectivity index (χ2v) is 3.78. The van der Waals surface area contributed by atoms with Crippen LogP contribution in [0.4, 0.5) is 11.5 Å². The monoisotopic (exact) mass is 221 g/mol. The lowest BCUT2D eigenvalue weighted by atomic mass is 10.2. The van der Waals surface area contributed by atoms with Crippen molar-refractivity contribution in [1.82, 2.24) is 4.98 Å². The number of H-pyrrole nitrogens is 1. The Morgan fingerprint density at radius 2 is 1.53 bits per heavy atom. The largest absolute Gasteiger partial charge is 0.338 e. The Morgan fingerprint density at radius 3 is 2.35 bits per heavy atom. The van der Waals surface area contributed by atoms with E-state index >= 15 is 0 Å². The molecule has 1 N–H and O–H groups in total. The first-order valence-electron chi connectivity index (χ1n) is 5.46. The van der Waals surface area contributed by atoms with Crippen molar-refractivity contribution in [2.24, 2.45) is 10.2 Å². The predicted molar refractivity (Wildman–Crippen MR) is 68.9 cm³/mol. The van der Waals surface area contributed by atoms with E-state index in [-0.39, 0.29) is 0 Å². The highest BCUT2D eigenvalue weighted by atomic mass is 15.1. The van der Waals surface area contributed by atoms with Crippen LogP contribution in [0.1, 0.15) is 0 Å². The molecule has 0 fully saturated rings. The minimum absolute atomic E-state index is 0.773. The standard InChI is InChI=1S/C14H11N3/c1-2-7-12(8-3-1)16-17-14-10-11-6-4-5-9-13(11)15-14/h1-10,15H. The molecule has 0 unspecified atom stereocenters. The molecule has 2 aromatic carbocycles. The molecule has 0 aliphatic heterocycles. The van der Waals surface area contributed by atoms with Crippen LogP contribution in [0.5, 0.6) is 0 Å². The Bertz CT molecular complexity index is 620. The number of fused-ring (bicyclic) bond motifs is 1. The molecule has 1 aromatic heterocycles. The van der Waals surface area contributed by atoms with Crippen LogP contribution in [0.3, 0.4) is 0 Å². The van der Waals surface area contributed by atoms with Crippen molar-refractivity contribution in [3.8, 4) is 0 Å². The van der Waals surface area contributed by atoms with Gasteiger partial charge in [0, 0.05) is 10.9 Å². The quantitative estimate of drug-likeness (QED) is 0.615. The Labute approximate surface area is 98.8 Å². The van der Waals surface area contributed by atoms with Crippen LogP contribution in [-0.2, 0) is 0 Å². The summed E-state index contributed by atoms with van der Waals surface area (Å²) in [4.78, 5) is 3.21. The highest BCUT2D eigenvalue weighted by molar-refractivity contribution is 5.82. The van der Waals surface area contributed by atoms with Gasteiger partial charge in [0.25, 0.3) is 0 Å². The van der Waals surface area contributed by atoms with Crippen LogP contribution in [0.2, 0.25) is 0 Å². The van der Waals surface area contributed by atoms with Crippen molar-refractivity contribution in [2.75, 3.05) is 0 Å². The first kappa shape index (κ1) is 9.78. The van der Waals surface area contributed by atoms with Crippen LogP contribution in [0.25, 0.3) is 10.9 Å². The molecule has 0 amide bonds. The molecule has 17 heavy (non-hydrogen) atoms. The second-order valence-electron chi connectivity index (χ2n) is 3.78. The fourth-order valence-electron chi connectivity index (χ4n) is 1.72. The minimum Gasteiger partial charge on any atom is -0.338 e. The van der Waals surface area contributed by atoms with Gasteiger partial charge in [-0.05, 0) is 24.3 Å². The lowest BCUT2D eigenvalue weighted by molar-refractivity contribution is 1.19. The maximum atomic E-state index is 4.18. The summed E-state index contributed by atoms with van der Waals surface area (Å²) >= 11 is 0. The van der Waals surface area contributed by atoms with Gasteiger partial charge in [0.2, 0.25) is 0 Å². The van der Waals surface area contributed by atoms with Crippen LogP contribution >= 0.6 is 0 Å². The van der Waals surface area contributed by atoms with Gasteiger partial charge < -0.3 is 4.98 Å². The molecular weight excluding hydrogens is 210 g/mol. The number of aromatic amines is 1. The summed E-state index contributed by atoms with van der Waals surface area (Å²) in [6.07, 6.45) is 0. The lowest BCUT2D eigenvalue weighted by Crippen LogP contribution is -1.64. The molecule has 1 heterocycles. The number of para-hydroxylation sites is 1. The Kier molecular flexibility index (Phi) is 2.43. The molecule has 3 heteroatoms. The number of hydrogen-bond donors (Lipinski definition) is 1. The third-order valence-corrected chi connectivity index (χ3v) is 2.55. The molecule has 0 radical (unpaired) electrons. The average Bonchev–Trinajstić information content (AvgIpc) is 2.80. The summed E-state index contributed by atoms with van der Waals surface area (Å²) in [6.45, 7) is 0. The molecule has 3 rings (SSSR count). The van der Waals surface area contributed by atoms with Gasteiger partial charge in [-0.3, -0.25) is 0 Å². The zero-order chi connectivity index (χ0) is 11.5. The number of nitrogens with one attached hydrogen (secondary N) is 1. The molecule has 0 aliphatic carbocycles. The van der Waals surface area contributed by atoms with E-state index in [1.165, 1.54) is 0 Å². The third kappa shape index (κ3) is 2.08. The number of nitrogens with zero attached hydrogens (tertiary/aromatic N) is 2. The van der Waals surface area contributed by atoms with Gasteiger partial charge in [-0.1, -0.05) is 36.4 Å². The van der Waals surface area contributed by atoms with E-state index in [0.717, 1.165) is 22.4 Å². The highest BCUT2D eigenvalue weighted by Crippen LogP contribution is 2.22. The minimum atomic E-state index is 0.773. The average molecular weight is 221 g/mol. The van der Waals surface area contributed by atoms with Crippen LogP contribution < -0.4 is 0 Å². The van der Waals surface area contributed by atoms with Gasteiger partial charge in [-0.25, -0.2) is 0 Å². The molecule has 3 nitrogen and oxygen atoms in total. The highest BCUT2D eigenvalue weighted by Gasteiger charge is 1.97. The summed E-state index contributed by atoms with van der Waals surface area (Å²) in [7, 11) is 0. The maximum Gasteiger partial charge on any atom is 0.153 e. The van der Waals surface area contributed by atoms with Gasteiger partial charge in [-0.2, -0.15) is 0 Å². The van der Waals surface area contributed by atoms with Crippen LogP contribution in [-0.4, -0.2) is 4.98 Å². The first-order chi connectivity index (χ1) is 8.42. The molecule has 0 atom stereocenters. The van der Waals surface area contributed by atoms with E-state index in [0.29, 0.717) is 0 Å². The fourth-order valence-corrected chi connectivity index (χ4v) is 1.72. The van der Waals surface area contributed by atoms with E-state index in [9.17, 15) is 0 Å². The number of aromatic nitrogens is 1. The smallest absolute Gasteiger partial charge is 0.153 e. The van der Waals surface area contributed by atoms with Crippen LogP contribution in [0.15, 0.2) is 70.9 Å². The van der Waals surface area contributed by atoms with Crippen molar-refractivity contribution in [3.05, 3.63) is 60.7 Å². The Morgan fingerprint density at radius 1 is 0.765 bits per heavy atom. The summed E-state index contributed by atoms with van der Waals surface area (Å²) < 4.78 is 0. The Balaban J connectivity index is 1.92. The van der Waals surface area contributed by atoms with Crippen molar-refractivity contribution in [1.29, 1.82) is 0 Å². The number of benzene rings is 2. The zero-order valence-electron chi connectivity index (χ0n) is 9.17. The second kappa shape index (κ2) is 4.22. The molecular formula is C14H11N3. The number of hydrogen-bond acceptors (Lipinski definition) is 2. The van der Waals surface area contributed by atoms with E-state index in [1.807, 2.05) is 60.7 Å². The first-order valence-corrected chi connectivity index (χ1v) is 5.46. The van der Waals surface area contributed by atoms with Gasteiger partial charge in [0.15, 0.2) is 5.82 Å². The lowest BCUT2D eigenvalue weighted by Gasteiger charge is -1.88. The van der Waals surface area contributed by atoms with E-state index in [4.69, 9.17) is 0 Å². The fraction of sp³-hybridized carbons (Fsp3) is 0. The predicted octanol–water partition coefficient (Wildman–Crippen LogP) is 4.58. The molecule has 3 aromatic rings. The Hall–Kier alpha value is -2.42. The maximum absolute atomic E-state index is 4.18. The van der Waals surface area contributed by atoms with Gasteiger partial charge in [0.1, 0.15) is 0 Å². The summed E-state index contributed by atoms with van der Waals surface area (Å²) in [5.41, 5.74) is 1.93. The third-order valence-electron chi connectivity index (χ3n) is 2.55. The summed E-state index contributed by atoms with van der Waals surface area (Å²) in [6, 6.07) is 19.8.